The normalized spacial score (nSPS) is 24.4. The fraction of sp³-hybridized carbons (Fsp3) is 0.417. The minimum atomic E-state index is 0.456. The molecule has 0 saturated carbocycles. The Bertz CT molecular complexity index is 397. The van der Waals surface area contributed by atoms with Crippen molar-refractivity contribution in [1.82, 2.24) is 21.4 Å². The lowest BCUT2D eigenvalue weighted by Crippen LogP contribution is -2.53. The van der Waals surface area contributed by atoms with Crippen LogP contribution in [0.3, 0.4) is 0 Å². The Hall–Kier alpha value is -1.59. The average molecular weight is 231 g/mol. The summed E-state index contributed by atoms with van der Waals surface area (Å²) in [4.78, 5) is 0. The Labute approximate surface area is 101 Å². The van der Waals surface area contributed by atoms with Crippen LogP contribution in [-0.2, 0) is 0 Å². The molecule has 0 aliphatic carbocycles. The molecular weight excluding hydrogens is 214 g/mol. The monoisotopic (exact) mass is 231 g/mol. The van der Waals surface area contributed by atoms with E-state index in [9.17, 15) is 0 Å². The van der Waals surface area contributed by atoms with Crippen molar-refractivity contribution in [2.24, 2.45) is 5.10 Å². The topological polar surface area (TPSA) is 51.7 Å². The highest BCUT2D eigenvalue weighted by Gasteiger charge is 2.27. The van der Waals surface area contributed by atoms with Crippen molar-refractivity contribution in [3.05, 3.63) is 35.9 Å². The first kappa shape index (κ1) is 10.6. The van der Waals surface area contributed by atoms with Gasteiger partial charge in [0, 0.05) is 12.1 Å². The standard InChI is InChI=1S/C12H17N5/c1-2-5-10(6-3-1)12-14-15-16-17(12)11-7-4-8-13-9-11/h1-3,5-6,11,13,15-16H,4,7-9H2. The third kappa shape index (κ3) is 2.11. The van der Waals surface area contributed by atoms with Crippen LogP contribution in [0.15, 0.2) is 35.4 Å². The van der Waals surface area contributed by atoms with Gasteiger partial charge in [0.1, 0.15) is 0 Å². The average Bonchev–Trinajstić information content (AvgIpc) is 2.90. The van der Waals surface area contributed by atoms with Gasteiger partial charge in [-0.3, -0.25) is 5.01 Å². The molecule has 1 fully saturated rings. The summed E-state index contributed by atoms with van der Waals surface area (Å²) in [6, 6.07) is 10.7. The lowest BCUT2D eigenvalue weighted by Gasteiger charge is -2.32. The number of hydrogen-bond donors (Lipinski definition) is 3. The molecule has 3 rings (SSSR count). The fourth-order valence-corrected chi connectivity index (χ4v) is 2.35. The largest absolute Gasteiger partial charge is 0.315 e. The van der Waals surface area contributed by atoms with Crippen LogP contribution >= 0.6 is 0 Å². The van der Waals surface area contributed by atoms with Crippen molar-refractivity contribution in [3.8, 4) is 0 Å². The first-order valence-electron chi connectivity index (χ1n) is 6.09. The molecule has 0 radical (unpaired) electrons. The summed E-state index contributed by atoms with van der Waals surface area (Å²) < 4.78 is 0. The van der Waals surface area contributed by atoms with E-state index >= 15 is 0 Å². The highest BCUT2D eigenvalue weighted by Crippen LogP contribution is 2.14. The van der Waals surface area contributed by atoms with Crippen LogP contribution in [-0.4, -0.2) is 30.0 Å². The minimum absolute atomic E-state index is 0.456. The van der Waals surface area contributed by atoms with Crippen molar-refractivity contribution in [1.29, 1.82) is 0 Å². The van der Waals surface area contributed by atoms with Gasteiger partial charge < -0.3 is 5.32 Å². The van der Waals surface area contributed by atoms with E-state index in [0.717, 1.165) is 24.5 Å². The predicted octanol–water partition coefficient (Wildman–Crippen LogP) is 0.425. The molecule has 17 heavy (non-hydrogen) atoms. The third-order valence-electron chi connectivity index (χ3n) is 3.23. The lowest BCUT2D eigenvalue weighted by atomic mass is 10.1. The molecular formula is C12H17N5. The molecule has 3 N–H and O–H groups in total. The van der Waals surface area contributed by atoms with E-state index in [1.54, 1.807) is 0 Å². The second-order valence-corrected chi connectivity index (χ2v) is 4.40. The Morgan fingerprint density at radius 1 is 1.24 bits per heavy atom. The summed E-state index contributed by atoms with van der Waals surface area (Å²) in [6.07, 6.45) is 2.40. The van der Waals surface area contributed by atoms with Gasteiger partial charge in [0.2, 0.25) is 0 Å². The molecule has 2 aliphatic rings. The van der Waals surface area contributed by atoms with Gasteiger partial charge in [-0.2, -0.15) is 0 Å². The molecule has 0 amide bonds. The summed E-state index contributed by atoms with van der Waals surface area (Å²) in [7, 11) is 0. The van der Waals surface area contributed by atoms with E-state index in [1.807, 2.05) is 18.2 Å². The van der Waals surface area contributed by atoms with Crippen molar-refractivity contribution < 1.29 is 0 Å². The molecule has 1 unspecified atom stereocenters. The molecule has 1 saturated heterocycles. The summed E-state index contributed by atoms with van der Waals surface area (Å²) in [5, 5.41) is 9.86. The predicted molar refractivity (Wildman–Crippen MR) is 67.0 cm³/mol. The van der Waals surface area contributed by atoms with Gasteiger partial charge in [-0.15, -0.1) is 10.6 Å². The second-order valence-electron chi connectivity index (χ2n) is 4.40. The number of rotatable bonds is 2. The molecule has 0 bridgehead atoms. The molecule has 0 spiro atoms. The van der Waals surface area contributed by atoms with Gasteiger partial charge in [0.15, 0.2) is 5.84 Å². The first-order chi connectivity index (χ1) is 8.45. The molecule has 90 valence electrons. The molecule has 0 aromatic heterocycles. The van der Waals surface area contributed by atoms with Gasteiger partial charge in [-0.25, -0.2) is 5.53 Å². The quantitative estimate of drug-likeness (QED) is 0.691. The maximum atomic E-state index is 4.32. The van der Waals surface area contributed by atoms with Crippen molar-refractivity contribution in [2.45, 2.75) is 18.9 Å². The van der Waals surface area contributed by atoms with Crippen LogP contribution < -0.4 is 16.4 Å². The molecule has 2 aliphatic heterocycles. The Balaban J connectivity index is 1.79. The van der Waals surface area contributed by atoms with E-state index in [2.05, 4.69) is 38.6 Å². The highest BCUT2D eigenvalue weighted by molar-refractivity contribution is 5.99. The van der Waals surface area contributed by atoms with Crippen molar-refractivity contribution >= 4 is 5.84 Å². The van der Waals surface area contributed by atoms with Gasteiger partial charge in [0.25, 0.3) is 0 Å². The number of hydrogen-bond acceptors (Lipinski definition) is 5. The molecule has 1 aromatic carbocycles. The molecule has 5 heteroatoms. The van der Waals surface area contributed by atoms with Crippen molar-refractivity contribution in [3.63, 3.8) is 0 Å². The number of nitrogens with one attached hydrogen (secondary N) is 3. The van der Waals surface area contributed by atoms with Crippen LogP contribution in [0, 0.1) is 0 Å². The van der Waals surface area contributed by atoms with E-state index < -0.39 is 0 Å². The zero-order valence-electron chi connectivity index (χ0n) is 9.69. The maximum absolute atomic E-state index is 4.32. The zero-order valence-corrected chi connectivity index (χ0v) is 9.69. The summed E-state index contributed by atoms with van der Waals surface area (Å²) in [6.45, 7) is 2.12. The zero-order chi connectivity index (χ0) is 11.5. The van der Waals surface area contributed by atoms with E-state index in [-0.39, 0.29) is 0 Å². The Morgan fingerprint density at radius 2 is 2.12 bits per heavy atom. The van der Waals surface area contributed by atoms with E-state index in [1.165, 1.54) is 12.8 Å². The minimum Gasteiger partial charge on any atom is -0.315 e. The SMILES string of the molecule is c1ccc(C2=NNNN2C2CCCNC2)cc1. The van der Waals surface area contributed by atoms with Gasteiger partial charge in [-0.05, 0) is 19.4 Å². The number of amidine groups is 1. The van der Waals surface area contributed by atoms with Gasteiger partial charge in [-0.1, -0.05) is 30.3 Å². The van der Waals surface area contributed by atoms with Crippen LogP contribution in [0.5, 0.6) is 0 Å². The van der Waals surface area contributed by atoms with Crippen LogP contribution in [0.4, 0.5) is 0 Å². The third-order valence-corrected chi connectivity index (χ3v) is 3.23. The smallest absolute Gasteiger partial charge is 0.173 e. The number of nitrogens with zero attached hydrogens (tertiary/aromatic N) is 2. The number of hydrazone groups is 1. The van der Waals surface area contributed by atoms with Crippen LogP contribution in [0.25, 0.3) is 0 Å². The summed E-state index contributed by atoms with van der Waals surface area (Å²) >= 11 is 0. The Morgan fingerprint density at radius 3 is 2.88 bits per heavy atom. The van der Waals surface area contributed by atoms with E-state index in [0.29, 0.717) is 6.04 Å². The van der Waals surface area contributed by atoms with Gasteiger partial charge >= 0.3 is 0 Å². The number of benzene rings is 1. The molecule has 2 heterocycles. The maximum Gasteiger partial charge on any atom is 0.173 e. The number of piperidine rings is 1. The molecule has 5 nitrogen and oxygen atoms in total. The highest BCUT2D eigenvalue weighted by atomic mass is 15.8. The van der Waals surface area contributed by atoms with Gasteiger partial charge in [0.05, 0.1) is 6.04 Å². The first-order valence-corrected chi connectivity index (χ1v) is 6.09. The van der Waals surface area contributed by atoms with Crippen LogP contribution in [0.2, 0.25) is 0 Å². The van der Waals surface area contributed by atoms with E-state index in [4.69, 9.17) is 0 Å². The second kappa shape index (κ2) is 4.73. The summed E-state index contributed by atoms with van der Waals surface area (Å²) in [5.74, 6) is 0.972. The summed E-state index contributed by atoms with van der Waals surface area (Å²) in [5.41, 5.74) is 7.10. The van der Waals surface area contributed by atoms with Crippen molar-refractivity contribution in [2.75, 3.05) is 13.1 Å². The number of hydrazine groups is 2. The Kier molecular flexibility index (Phi) is 2.94. The molecule has 1 aromatic rings. The lowest BCUT2D eigenvalue weighted by molar-refractivity contribution is 0.188. The fourth-order valence-electron chi connectivity index (χ4n) is 2.35. The van der Waals surface area contributed by atoms with Crippen LogP contribution in [0.1, 0.15) is 18.4 Å². The molecule has 1 atom stereocenters.